The SMILES string of the molecule is CC[C@@H](NC(=S)Nc1ccncc1)c1ccc(C)cc1C. The number of aryl methyl sites for hydroxylation is 2. The second-order valence-corrected chi connectivity index (χ2v) is 5.56. The Kier molecular flexibility index (Phi) is 5.28. The van der Waals surface area contributed by atoms with Crippen LogP contribution in [0.15, 0.2) is 42.7 Å². The lowest BCUT2D eigenvalue weighted by atomic mass is 9.98. The summed E-state index contributed by atoms with van der Waals surface area (Å²) in [4.78, 5) is 3.99. The van der Waals surface area contributed by atoms with Crippen LogP contribution >= 0.6 is 12.2 Å². The maximum absolute atomic E-state index is 5.40. The summed E-state index contributed by atoms with van der Waals surface area (Å²) >= 11 is 5.40. The fraction of sp³-hybridized carbons (Fsp3) is 0.294. The molecule has 1 aromatic heterocycles. The molecule has 0 fully saturated rings. The average molecular weight is 299 g/mol. The van der Waals surface area contributed by atoms with Crippen molar-refractivity contribution in [2.75, 3.05) is 5.32 Å². The molecule has 1 aromatic carbocycles. The molecule has 2 rings (SSSR count). The highest BCUT2D eigenvalue weighted by molar-refractivity contribution is 7.80. The van der Waals surface area contributed by atoms with E-state index in [1.54, 1.807) is 12.4 Å². The third-order valence-corrected chi connectivity index (χ3v) is 3.67. The lowest BCUT2D eigenvalue weighted by Gasteiger charge is -2.22. The lowest BCUT2D eigenvalue weighted by Crippen LogP contribution is -2.32. The van der Waals surface area contributed by atoms with Gasteiger partial charge in [0.25, 0.3) is 0 Å². The Morgan fingerprint density at radius 3 is 2.52 bits per heavy atom. The molecule has 4 heteroatoms. The molecule has 0 unspecified atom stereocenters. The van der Waals surface area contributed by atoms with E-state index in [2.05, 4.69) is 54.6 Å². The average Bonchev–Trinajstić information content (AvgIpc) is 2.46. The fourth-order valence-electron chi connectivity index (χ4n) is 2.38. The van der Waals surface area contributed by atoms with Crippen molar-refractivity contribution < 1.29 is 0 Å². The highest BCUT2D eigenvalue weighted by Gasteiger charge is 2.13. The second-order valence-electron chi connectivity index (χ2n) is 5.16. The summed E-state index contributed by atoms with van der Waals surface area (Å²) in [6, 6.07) is 10.5. The van der Waals surface area contributed by atoms with Crippen molar-refractivity contribution in [2.45, 2.75) is 33.2 Å². The smallest absolute Gasteiger partial charge is 0.171 e. The molecule has 110 valence electrons. The predicted molar refractivity (Wildman–Crippen MR) is 92.5 cm³/mol. The molecule has 0 bridgehead atoms. The van der Waals surface area contributed by atoms with Crippen LogP contribution in [0.3, 0.4) is 0 Å². The van der Waals surface area contributed by atoms with Gasteiger partial charge in [0.15, 0.2) is 5.11 Å². The topological polar surface area (TPSA) is 37.0 Å². The minimum Gasteiger partial charge on any atom is -0.356 e. The summed E-state index contributed by atoms with van der Waals surface area (Å²) < 4.78 is 0. The van der Waals surface area contributed by atoms with Gasteiger partial charge in [0.2, 0.25) is 0 Å². The number of nitrogens with zero attached hydrogens (tertiary/aromatic N) is 1. The highest BCUT2D eigenvalue weighted by atomic mass is 32.1. The molecular formula is C17H21N3S. The van der Waals surface area contributed by atoms with Crippen LogP contribution in [0.1, 0.15) is 36.1 Å². The van der Waals surface area contributed by atoms with Gasteiger partial charge in [-0.25, -0.2) is 0 Å². The van der Waals surface area contributed by atoms with E-state index in [9.17, 15) is 0 Å². The Balaban J connectivity index is 2.06. The summed E-state index contributed by atoms with van der Waals surface area (Å²) in [7, 11) is 0. The third kappa shape index (κ3) is 4.26. The van der Waals surface area contributed by atoms with Crippen LogP contribution in [-0.4, -0.2) is 10.1 Å². The van der Waals surface area contributed by atoms with Crippen LogP contribution in [-0.2, 0) is 0 Å². The molecule has 2 N–H and O–H groups in total. The van der Waals surface area contributed by atoms with Gasteiger partial charge >= 0.3 is 0 Å². The van der Waals surface area contributed by atoms with Crippen molar-refractivity contribution in [3.05, 3.63) is 59.4 Å². The molecule has 0 saturated carbocycles. The van der Waals surface area contributed by atoms with Crippen LogP contribution < -0.4 is 10.6 Å². The van der Waals surface area contributed by atoms with E-state index in [4.69, 9.17) is 12.2 Å². The number of nitrogens with one attached hydrogen (secondary N) is 2. The lowest BCUT2D eigenvalue weighted by molar-refractivity contribution is 0.625. The summed E-state index contributed by atoms with van der Waals surface area (Å²) in [6.45, 7) is 6.42. The number of anilines is 1. The number of thiocarbonyl (C=S) groups is 1. The summed E-state index contributed by atoms with van der Waals surface area (Å²) in [5.41, 5.74) is 4.81. The fourth-order valence-corrected chi connectivity index (χ4v) is 2.64. The van der Waals surface area contributed by atoms with Gasteiger partial charge in [0, 0.05) is 18.1 Å². The quantitative estimate of drug-likeness (QED) is 0.832. The van der Waals surface area contributed by atoms with E-state index < -0.39 is 0 Å². The zero-order chi connectivity index (χ0) is 15.2. The van der Waals surface area contributed by atoms with Crippen molar-refractivity contribution in [3.8, 4) is 0 Å². The summed E-state index contributed by atoms with van der Waals surface area (Å²) in [5, 5.41) is 7.21. The van der Waals surface area contributed by atoms with E-state index >= 15 is 0 Å². The summed E-state index contributed by atoms with van der Waals surface area (Å²) in [6.07, 6.45) is 4.46. The zero-order valence-electron chi connectivity index (χ0n) is 12.7. The minimum atomic E-state index is 0.215. The number of rotatable bonds is 4. The number of benzene rings is 1. The van der Waals surface area contributed by atoms with E-state index in [0.29, 0.717) is 5.11 Å². The molecule has 1 atom stereocenters. The van der Waals surface area contributed by atoms with Crippen molar-refractivity contribution in [2.24, 2.45) is 0 Å². The van der Waals surface area contributed by atoms with Crippen LogP contribution in [0, 0.1) is 13.8 Å². The Hall–Kier alpha value is -1.94. The zero-order valence-corrected chi connectivity index (χ0v) is 13.5. The Morgan fingerprint density at radius 2 is 1.90 bits per heavy atom. The van der Waals surface area contributed by atoms with E-state index in [0.717, 1.165) is 12.1 Å². The van der Waals surface area contributed by atoms with Gasteiger partial charge in [-0.3, -0.25) is 4.98 Å². The standard InChI is InChI=1S/C17H21N3S/c1-4-16(15-6-5-12(2)11-13(15)3)20-17(21)19-14-7-9-18-10-8-14/h5-11,16H,4H2,1-3H3,(H2,18,19,20,21)/t16-/m1/s1. The maximum Gasteiger partial charge on any atom is 0.171 e. The molecule has 0 saturated heterocycles. The van der Waals surface area contributed by atoms with Crippen LogP contribution in [0.4, 0.5) is 5.69 Å². The predicted octanol–water partition coefficient (Wildman–Crippen LogP) is 4.14. The van der Waals surface area contributed by atoms with Gasteiger partial charge < -0.3 is 10.6 Å². The second kappa shape index (κ2) is 7.18. The number of hydrogen-bond acceptors (Lipinski definition) is 2. The first kappa shape index (κ1) is 15.4. The van der Waals surface area contributed by atoms with E-state index in [1.165, 1.54) is 16.7 Å². The van der Waals surface area contributed by atoms with Crippen LogP contribution in [0.5, 0.6) is 0 Å². The van der Waals surface area contributed by atoms with Crippen molar-refractivity contribution in [1.82, 2.24) is 10.3 Å². The molecule has 3 nitrogen and oxygen atoms in total. The molecular weight excluding hydrogens is 278 g/mol. The third-order valence-electron chi connectivity index (χ3n) is 3.45. The monoisotopic (exact) mass is 299 g/mol. The molecule has 0 aliphatic heterocycles. The Bertz CT molecular complexity index is 611. The van der Waals surface area contributed by atoms with Crippen molar-refractivity contribution in [1.29, 1.82) is 0 Å². The van der Waals surface area contributed by atoms with E-state index in [1.807, 2.05) is 12.1 Å². The molecule has 21 heavy (non-hydrogen) atoms. The van der Waals surface area contributed by atoms with Crippen LogP contribution in [0.25, 0.3) is 0 Å². The van der Waals surface area contributed by atoms with Crippen molar-refractivity contribution in [3.63, 3.8) is 0 Å². The normalized spacial score (nSPS) is 11.8. The first-order valence-corrected chi connectivity index (χ1v) is 7.55. The molecule has 0 radical (unpaired) electrons. The number of pyridine rings is 1. The maximum atomic E-state index is 5.40. The summed E-state index contributed by atoms with van der Waals surface area (Å²) in [5.74, 6) is 0. The van der Waals surface area contributed by atoms with Gasteiger partial charge in [-0.2, -0.15) is 0 Å². The number of aromatic nitrogens is 1. The van der Waals surface area contributed by atoms with Crippen LogP contribution in [0.2, 0.25) is 0 Å². The largest absolute Gasteiger partial charge is 0.356 e. The number of hydrogen-bond donors (Lipinski definition) is 2. The molecule has 0 aliphatic rings. The van der Waals surface area contributed by atoms with Gasteiger partial charge in [0.1, 0.15) is 0 Å². The molecule has 0 spiro atoms. The highest BCUT2D eigenvalue weighted by Crippen LogP contribution is 2.21. The van der Waals surface area contributed by atoms with Gasteiger partial charge in [0.05, 0.1) is 6.04 Å². The molecule has 1 heterocycles. The Morgan fingerprint density at radius 1 is 1.19 bits per heavy atom. The van der Waals surface area contributed by atoms with Gasteiger partial charge in [-0.05, 0) is 55.7 Å². The molecule has 0 aliphatic carbocycles. The van der Waals surface area contributed by atoms with Gasteiger partial charge in [-0.15, -0.1) is 0 Å². The first-order valence-electron chi connectivity index (χ1n) is 7.15. The Labute approximate surface area is 131 Å². The first-order chi connectivity index (χ1) is 10.1. The molecule has 0 amide bonds. The van der Waals surface area contributed by atoms with E-state index in [-0.39, 0.29) is 6.04 Å². The van der Waals surface area contributed by atoms with Crippen molar-refractivity contribution >= 4 is 23.0 Å². The minimum absolute atomic E-state index is 0.215. The van der Waals surface area contributed by atoms with Gasteiger partial charge in [-0.1, -0.05) is 30.7 Å². The molecule has 2 aromatic rings.